The van der Waals surface area contributed by atoms with Crippen molar-refractivity contribution in [2.75, 3.05) is 18.1 Å². The van der Waals surface area contributed by atoms with Gasteiger partial charge in [0.2, 0.25) is 5.88 Å². The Kier molecular flexibility index (Phi) is 6.03. The smallest absolute Gasteiger partial charge is 0.270 e. The highest BCUT2D eigenvalue weighted by molar-refractivity contribution is 6.05. The Bertz CT molecular complexity index is 1450. The molecule has 3 heterocycles. The summed E-state index contributed by atoms with van der Waals surface area (Å²) in [5.74, 6) is -0.638. The lowest BCUT2D eigenvalue weighted by Crippen LogP contribution is -2.36. The number of para-hydroxylation sites is 2. The van der Waals surface area contributed by atoms with Gasteiger partial charge >= 0.3 is 0 Å². The molecule has 10 nitrogen and oxygen atoms in total. The van der Waals surface area contributed by atoms with Gasteiger partial charge in [0.25, 0.3) is 17.4 Å². The van der Waals surface area contributed by atoms with E-state index in [1.54, 1.807) is 17.9 Å². The van der Waals surface area contributed by atoms with Crippen molar-refractivity contribution < 1.29 is 19.4 Å². The summed E-state index contributed by atoms with van der Waals surface area (Å²) in [6.07, 6.45) is 4.75. The van der Waals surface area contributed by atoms with Crippen LogP contribution in [-0.2, 0) is 11.3 Å². The van der Waals surface area contributed by atoms with Gasteiger partial charge in [-0.25, -0.2) is 0 Å². The lowest BCUT2D eigenvalue weighted by atomic mass is 10.1. The molecule has 2 amide bonds. The number of aromatic nitrogens is 3. The largest absolute Gasteiger partial charge is 0.492 e. The second-order valence-electron chi connectivity index (χ2n) is 9.63. The monoisotopic (exact) mass is 491 g/mol. The number of hydrogen-bond donors (Lipinski definition) is 2. The van der Waals surface area contributed by atoms with E-state index in [1.807, 2.05) is 38.1 Å². The average molecular weight is 492 g/mol. The van der Waals surface area contributed by atoms with E-state index in [0.29, 0.717) is 48.0 Å². The summed E-state index contributed by atoms with van der Waals surface area (Å²) in [6, 6.07) is 7.37. The van der Waals surface area contributed by atoms with Crippen molar-refractivity contribution in [1.29, 1.82) is 0 Å². The normalized spacial score (nSPS) is 15.4. The number of anilines is 1. The first-order valence-corrected chi connectivity index (χ1v) is 12.1. The van der Waals surface area contributed by atoms with E-state index in [-0.39, 0.29) is 23.4 Å². The molecule has 10 heteroatoms. The number of carbonyl (C=O) groups excluding carboxylic acids is 2. The molecule has 2 aliphatic rings. The summed E-state index contributed by atoms with van der Waals surface area (Å²) in [5, 5.41) is 18.1. The number of nitrogens with zero attached hydrogens (tertiary/aromatic N) is 4. The third kappa shape index (κ3) is 4.23. The molecule has 2 N–H and O–H groups in total. The van der Waals surface area contributed by atoms with E-state index in [9.17, 15) is 19.5 Å². The number of carbonyl (C=O) groups is 2. The molecule has 0 saturated heterocycles. The summed E-state index contributed by atoms with van der Waals surface area (Å²) in [7, 11) is 0. The van der Waals surface area contributed by atoms with Gasteiger partial charge in [0.15, 0.2) is 5.56 Å². The van der Waals surface area contributed by atoms with E-state index >= 15 is 0 Å². The molecule has 188 valence electrons. The molecule has 0 bridgehead atoms. The van der Waals surface area contributed by atoms with Crippen LogP contribution in [-0.4, -0.2) is 50.3 Å². The lowest BCUT2D eigenvalue weighted by Gasteiger charge is -2.28. The average Bonchev–Trinajstić information content (AvgIpc) is 3.60. The number of nitrogens with one attached hydrogen (secondary N) is 1. The summed E-state index contributed by atoms with van der Waals surface area (Å²) in [5.41, 5.74) is 1.14. The number of rotatable bonds is 6. The van der Waals surface area contributed by atoms with Gasteiger partial charge in [0, 0.05) is 24.2 Å². The number of ether oxygens (including phenoxy) is 1. The molecule has 1 aliphatic heterocycles. The Hall–Kier alpha value is -4.08. The quantitative estimate of drug-likeness (QED) is 0.512. The summed E-state index contributed by atoms with van der Waals surface area (Å²) in [6.45, 7) is 6.75. The van der Waals surface area contributed by atoms with Crippen molar-refractivity contribution in [1.82, 2.24) is 19.5 Å². The highest BCUT2D eigenvalue weighted by Crippen LogP contribution is 2.31. The van der Waals surface area contributed by atoms with Crippen LogP contribution < -0.4 is 20.5 Å². The van der Waals surface area contributed by atoms with Crippen molar-refractivity contribution in [3.8, 4) is 11.6 Å². The number of fused-ring (bicyclic) bond motifs is 2. The summed E-state index contributed by atoms with van der Waals surface area (Å²) < 4.78 is 8.31. The molecule has 36 heavy (non-hydrogen) atoms. The molecule has 1 fully saturated rings. The van der Waals surface area contributed by atoms with Crippen LogP contribution in [0.2, 0.25) is 0 Å². The predicted molar refractivity (Wildman–Crippen MR) is 135 cm³/mol. The Morgan fingerprint density at radius 3 is 2.75 bits per heavy atom. The first kappa shape index (κ1) is 23.7. The Morgan fingerprint density at radius 1 is 1.28 bits per heavy atom. The first-order valence-electron chi connectivity index (χ1n) is 12.1. The number of benzene rings is 1. The summed E-state index contributed by atoms with van der Waals surface area (Å²) >= 11 is 0. The highest BCUT2D eigenvalue weighted by Gasteiger charge is 2.30. The van der Waals surface area contributed by atoms with Crippen molar-refractivity contribution in [3.05, 3.63) is 57.5 Å². The zero-order valence-corrected chi connectivity index (χ0v) is 20.5. The van der Waals surface area contributed by atoms with Gasteiger partial charge in [-0.1, -0.05) is 26.0 Å². The molecular formula is C26H29N5O5. The van der Waals surface area contributed by atoms with E-state index in [2.05, 4.69) is 10.4 Å². The molecule has 1 aromatic carbocycles. The Morgan fingerprint density at radius 2 is 2.03 bits per heavy atom. The van der Waals surface area contributed by atoms with E-state index in [1.165, 1.54) is 15.2 Å². The Labute approximate surface area is 207 Å². The van der Waals surface area contributed by atoms with Gasteiger partial charge < -0.3 is 20.1 Å². The fourth-order valence-electron chi connectivity index (χ4n) is 4.42. The number of aryl methyl sites for hydroxylation is 1. The van der Waals surface area contributed by atoms with Crippen LogP contribution in [0, 0.1) is 12.8 Å². The number of aromatic hydroxyl groups is 1. The van der Waals surface area contributed by atoms with Gasteiger partial charge in [-0.05, 0) is 43.9 Å². The zero-order chi connectivity index (χ0) is 25.6. The fourth-order valence-corrected chi connectivity index (χ4v) is 4.42. The molecule has 0 radical (unpaired) electrons. The van der Waals surface area contributed by atoms with Gasteiger partial charge in [0.05, 0.1) is 17.9 Å². The van der Waals surface area contributed by atoms with Gasteiger partial charge in [-0.2, -0.15) is 9.61 Å². The fraction of sp³-hybridized carbons (Fsp3) is 0.385. The molecule has 5 rings (SSSR count). The van der Waals surface area contributed by atoms with Crippen molar-refractivity contribution in [2.24, 2.45) is 5.92 Å². The van der Waals surface area contributed by atoms with Crippen LogP contribution in [0.15, 0.2) is 35.1 Å². The maximum atomic E-state index is 13.5. The molecule has 1 saturated carbocycles. The maximum absolute atomic E-state index is 13.5. The molecule has 3 aromatic rings. The highest BCUT2D eigenvalue weighted by atomic mass is 16.5. The maximum Gasteiger partial charge on any atom is 0.270 e. The topological polar surface area (TPSA) is 118 Å². The minimum absolute atomic E-state index is 0.0275. The minimum Gasteiger partial charge on any atom is -0.492 e. The van der Waals surface area contributed by atoms with Crippen LogP contribution >= 0.6 is 0 Å². The second kappa shape index (κ2) is 9.18. The van der Waals surface area contributed by atoms with E-state index < -0.39 is 17.3 Å². The van der Waals surface area contributed by atoms with E-state index in [4.69, 9.17) is 4.74 Å². The third-order valence-electron chi connectivity index (χ3n) is 6.29. The molecule has 0 atom stereocenters. The van der Waals surface area contributed by atoms with Crippen LogP contribution in [0.3, 0.4) is 0 Å². The van der Waals surface area contributed by atoms with Crippen molar-refractivity contribution >= 4 is 29.2 Å². The van der Waals surface area contributed by atoms with Gasteiger partial charge in [-0.15, -0.1) is 0 Å². The third-order valence-corrected chi connectivity index (χ3v) is 6.29. The molecule has 0 unspecified atom stereocenters. The van der Waals surface area contributed by atoms with E-state index in [0.717, 1.165) is 12.8 Å². The van der Waals surface area contributed by atoms with Crippen molar-refractivity contribution in [2.45, 2.75) is 46.2 Å². The van der Waals surface area contributed by atoms with Crippen LogP contribution in [0.4, 0.5) is 5.69 Å². The Balaban J connectivity index is 1.58. The SMILES string of the molecule is Cc1nn2c(O)c(C(=O)NC3CC3)c(=O)n(CC(C)C)c2c1C=CC(=O)N1CCOc2ccccc21. The van der Waals surface area contributed by atoms with Crippen LogP contribution in [0.1, 0.15) is 48.3 Å². The lowest BCUT2D eigenvalue weighted by molar-refractivity contribution is -0.114. The summed E-state index contributed by atoms with van der Waals surface area (Å²) in [4.78, 5) is 41.0. The first-order chi connectivity index (χ1) is 17.3. The minimum atomic E-state index is -0.606. The van der Waals surface area contributed by atoms with Crippen LogP contribution in [0.25, 0.3) is 11.7 Å². The molecule has 2 aromatic heterocycles. The molecule has 1 aliphatic carbocycles. The molecule has 0 spiro atoms. The van der Waals surface area contributed by atoms with Crippen molar-refractivity contribution in [3.63, 3.8) is 0 Å². The number of amides is 2. The van der Waals surface area contributed by atoms with Gasteiger partial charge in [-0.3, -0.25) is 19.0 Å². The molecular weight excluding hydrogens is 462 g/mol. The zero-order valence-electron chi connectivity index (χ0n) is 20.5. The predicted octanol–water partition coefficient (Wildman–Crippen LogP) is 2.50. The van der Waals surface area contributed by atoms with Crippen LogP contribution in [0.5, 0.6) is 11.6 Å². The van der Waals surface area contributed by atoms with Gasteiger partial charge in [0.1, 0.15) is 18.0 Å². The second-order valence-corrected chi connectivity index (χ2v) is 9.63. The standard InChI is InChI=1S/C26H29N5O5/c1-15(2)14-30-24-18(10-11-21(32)29-12-13-36-20-7-5-4-6-19(20)29)16(3)28-31(24)26(35)22(25(30)34)23(33)27-17-8-9-17/h4-7,10-11,15,17,35H,8-9,12-14H2,1-3H3,(H,27,33). The number of hydrogen-bond acceptors (Lipinski definition) is 6.